The van der Waals surface area contributed by atoms with E-state index in [2.05, 4.69) is 15.5 Å². The van der Waals surface area contributed by atoms with E-state index in [1.807, 2.05) is 41.0 Å². The second-order valence-corrected chi connectivity index (χ2v) is 7.54. The number of amides is 1. The third-order valence-corrected chi connectivity index (χ3v) is 5.37. The molecule has 32 heavy (non-hydrogen) atoms. The molecule has 0 radical (unpaired) electrons. The van der Waals surface area contributed by atoms with Gasteiger partial charge < -0.3 is 9.73 Å². The SMILES string of the molecule is O=C(CSc1nnc(-c2ccccc2)n1Cc1ccco1)Nc1ccc(F)cc1[N+](=O)[O-]. The van der Waals surface area contributed by atoms with Crippen molar-refractivity contribution in [2.75, 3.05) is 11.1 Å². The summed E-state index contributed by atoms with van der Waals surface area (Å²) in [6.45, 7) is 0.359. The highest BCUT2D eigenvalue weighted by atomic mass is 32.2. The lowest BCUT2D eigenvalue weighted by molar-refractivity contribution is -0.384. The molecular formula is C21H16FN5O4S. The second kappa shape index (κ2) is 9.43. The zero-order chi connectivity index (χ0) is 22.5. The molecule has 0 aliphatic heterocycles. The number of nitrogens with one attached hydrogen (secondary N) is 1. The third-order valence-electron chi connectivity index (χ3n) is 4.41. The summed E-state index contributed by atoms with van der Waals surface area (Å²) in [7, 11) is 0. The smallest absolute Gasteiger partial charge is 0.295 e. The molecule has 4 rings (SSSR count). The predicted octanol–water partition coefficient (Wildman–Crippen LogP) is 4.36. The minimum absolute atomic E-state index is 0.0796. The standard InChI is InChI=1S/C21H16FN5O4S/c22-15-8-9-17(18(11-15)27(29)30)23-19(28)13-32-21-25-24-20(14-5-2-1-3-6-14)26(21)12-16-7-4-10-31-16/h1-11H,12-13H2,(H,23,28). The van der Waals surface area contributed by atoms with E-state index in [0.717, 1.165) is 35.5 Å². The van der Waals surface area contributed by atoms with Gasteiger partial charge in [0.2, 0.25) is 5.91 Å². The first-order chi connectivity index (χ1) is 15.5. The summed E-state index contributed by atoms with van der Waals surface area (Å²) >= 11 is 1.12. The average Bonchev–Trinajstić information content (AvgIpc) is 3.44. The Hall–Kier alpha value is -3.99. The molecule has 0 aliphatic rings. The van der Waals surface area contributed by atoms with Crippen molar-refractivity contribution in [1.82, 2.24) is 14.8 Å². The third kappa shape index (κ3) is 4.83. The Bertz CT molecular complexity index is 1240. The highest BCUT2D eigenvalue weighted by Gasteiger charge is 2.19. The number of hydrogen-bond acceptors (Lipinski definition) is 7. The van der Waals surface area contributed by atoms with Gasteiger partial charge in [-0.2, -0.15) is 0 Å². The fraction of sp³-hybridized carbons (Fsp3) is 0.0952. The Morgan fingerprint density at radius 1 is 1.16 bits per heavy atom. The molecule has 0 saturated heterocycles. The van der Waals surface area contributed by atoms with Crippen molar-refractivity contribution in [2.24, 2.45) is 0 Å². The Kier molecular flexibility index (Phi) is 6.26. The Morgan fingerprint density at radius 3 is 2.69 bits per heavy atom. The molecule has 0 atom stereocenters. The molecule has 162 valence electrons. The Labute approximate surface area is 185 Å². The van der Waals surface area contributed by atoms with E-state index in [1.54, 1.807) is 12.3 Å². The quantitative estimate of drug-likeness (QED) is 0.239. The number of nitrogens with zero attached hydrogens (tertiary/aromatic N) is 4. The van der Waals surface area contributed by atoms with Crippen LogP contribution in [0.3, 0.4) is 0 Å². The maximum atomic E-state index is 13.3. The molecule has 0 fully saturated rings. The minimum atomic E-state index is -0.761. The van der Waals surface area contributed by atoms with Gasteiger partial charge in [-0.3, -0.25) is 19.5 Å². The molecule has 2 aromatic carbocycles. The maximum absolute atomic E-state index is 13.3. The normalized spacial score (nSPS) is 10.8. The number of hydrogen-bond donors (Lipinski definition) is 1. The number of halogens is 1. The van der Waals surface area contributed by atoms with Crippen LogP contribution in [0.1, 0.15) is 5.76 Å². The van der Waals surface area contributed by atoms with Crippen molar-refractivity contribution in [3.8, 4) is 11.4 Å². The van der Waals surface area contributed by atoms with E-state index in [1.165, 1.54) is 0 Å². The molecule has 1 N–H and O–H groups in total. The van der Waals surface area contributed by atoms with Gasteiger partial charge in [0.05, 0.1) is 29.6 Å². The van der Waals surface area contributed by atoms with Crippen LogP contribution in [0.25, 0.3) is 11.4 Å². The minimum Gasteiger partial charge on any atom is -0.467 e. The van der Waals surface area contributed by atoms with Gasteiger partial charge in [0.1, 0.15) is 17.3 Å². The first-order valence-electron chi connectivity index (χ1n) is 9.39. The molecule has 4 aromatic rings. The van der Waals surface area contributed by atoms with Crippen LogP contribution in [-0.2, 0) is 11.3 Å². The summed E-state index contributed by atoms with van der Waals surface area (Å²) in [4.78, 5) is 22.8. The van der Waals surface area contributed by atoms with Crippen LogP contribution < -0.4 is 5.32 Å². The van der Waals surface area contributed by atoms with Gasteiger partial charge >= 0.3 is 0 Å². The van der Waals surface area contributed by atoms with Gasteiger partial charge in [0.25, 0.3) is 5.69 Å². The molecule has 0 bridgehead atoms. The molecule has 9 nitrogen and oxygen atoms in total. The number of anilines is 1. The first-order valence-corrected chi connectivity index (χ1v) is 10.4. The average molecular weight is 453 g/mol. The lowest BCUT2D eigenvalue weighted by Gasteiger charge is -2.09. The summed E-state index contributed by atoms with van der Waals surface area (Å²) < 4.78 is 20.6. The van der Waals surface area contributed by atoms with E-state index >= 15 is 0 Å². The van der Waals surface area contributed by atoms with Gasteiger partial charge in [-0.05, 0) is 24.3 Å². The van der Waals surface area contributed by atoms with Gasteiger partial charge in [0, 0.05) is 5.56 Å². The zero-order valence-corrected chi connectivity index (χ0v) is 17.3. The topological polar surface area (TPSA) is 116 Å². The summed E-state index contributed by atoms with van der Waals surface area (Å²) in [5.74, 6) is -0.0454. The monoisotopic (exact) mass is 453 g/mol. The Morgan fingerprint density at radius 2 is 1.97 bits per heavy atom. The first kappa shape index (κ1) is 21.2. The van der Waals surface area contributed by atoms with Gasteiger partial charge in [-0.1, -0.05) is 42.1 Å². The fourth-order valence-corrected chi connectivity index (χ4v) is 3.71. The summed E-state index contributed by atoms with van der Waals surface area (Å²) in [5.41, 5.74) is 0.254. The van der Waals surface area contributed by atoms with Crippen molar-refractivity contribution in [3.63, 3.8) is 0 Å². The van der Waals surface area contributed by atoms with Crippen molar-refractivity contribution in [3.05, 3.63) is 88.6 Å². The van der Waals surface area contributed by atoms with E-state index in [0.29, 0.717) is 23.3 Å². The number of nitro groups is 1. The van der Waals surface area contributed by atoms with Crippen molar-refractivity contribution in [1.29, 1.82) is 0 Å². The van der Waals surface area contributed by atoms with Gasteiger partial charge in [0.15, 0.2) is 11.0 Å². The Balaban J connectivity index is 1.53. The highest BCUT2D eigenvalue weighted by Crippen LogP contribution is 2.27. The van der Waals surface area contributed by atoms with E-state index in [9.17, 15) is 19.3 Å². The van der Waals surface area contributed by atoms with Crippen LogP contribution in [-0.4, -0.2) is 31.3 Å². The maximum Gasteiger partial charge on any atom is 0.295 e. The lowest BCUT2D eigenvalue weighted by atomic mass is 10.2. The van der Waals surface area contributed by atoms with Crippen molar-refractivity contribution < 1.29 is 18.5 Å². The molecule has 2 aromatic heterocycles. The molecule has 1 amide bonds. The molecule has 0 spiro atoms. The molecule has 11 heteroatoms. The molecule has 2 heterocycles. The molecule has 0 unspecified atom stereocenters. The summed E-state index contributed by atoms with van der Waals surface area (Å²) in [6, 6.07) is 16.0. The fourth-order valence-electron chi connectivity index (χ4n) is 2.98. The largest absolute Gasteiger partial charge is 0.467 e. The van der Waals surface area contributed by atoms with Crippen LogP contribution in [0.4, 0.5) is 15.8 Å². The van der Waals surface area contributed by atoms with Gasteiger partial charge in [-0.25, -0.2) is 4.39 Å². The number of thioether (sulfide) groups is 1. The summed E-state index contributed by atoms with van der Waals surface area (Å²) in [5, 5.41) is 22.5. The lowest BCUT2D eigenvalue weighted by Crippen LogP contribution is -2.16. The van der Waals surface area contributed by atoms with Crippen LogP contribution in [0.5, 0.6) is 0 Å². The van der Waals surface area contributed by atoms with Crippen LogP contribution in [0.2, 0.25) is 0 Å². The number of carbonyl (C=O) groups excluding carboxylic acids is 1. The van der Waals surface area contributed by atoms with Crippen LogP contribution >= 0.6 is 11.8 Å². The van der Waals surface area contributed by atoms with E-state index < -0.39 is 22.3 Å². The highest BCUT2D eigenvalue weighted by molar-refractivity contribution is 7.99. The molecular weight excluding hydrogens is 437 g/mol. The number of rotatable bonds is 8. The molecule has 0 aliphatic carbocycles. The van der Waals surface area contributed by atoms with E-state index in [-0.39, 0.29) is 11.4 Å². The van der Waals surface area contributed by atoms with Crippen molar-refractivity contribution >= 4 is 29.0 Å². The van der Waals surface area contributed by atoms with E-state index in [4.69, 9.17) is 4.42 Å². The second-order valence-electron chi connectivity index (χ2n) is 6.59. The summed E-state index contributed by atoms with van der Waals surface area (Å²) in [6.07, 6.45) is 1.57. The molecule has 0 saturated carbocycles. The van der Waals surface area contributed by atoms with Gasteiger partial charge in [-0.15, -0.1) is 10.2 Å². The number of carbonyl (C=O) groups is 1. The number of aromatic nitrogens is 3. The number of nitro benzene ring substituents is 1. The van der Waals surface area contributed by atoms with Crippen LogP contribution in [0, 0.1) is 15.9 Å². The zero-order valence-electron chi connectivity index (χ0n) is 16.5. The van der Waals surface area contributed by atoms with Crippen molar-refractivity contribution in [2.45, 2.75) is 11.7 Å². The number of benzene rings is 2. The number of furan rings is 1. The van der Waals surface area contributed by atoms with Crippen LogP contribution in [0.15, 0.2) is 76.5 Å². The predicted molar refractivity (Wildman–Crippen MR) is 116 cm³/mol.